The fraction of sp³-hybridized carbons (Fsp3) is 0.250. The summed E-state index contributed by atoms with van der Waals surface area (Å²) in [6, 6.07) is 8.94. The molecule has 2 aromatic rings. The number of para-hydroxylation sites is 1. The summed E-state index contributed by atoms with van der Waals surface area (Å²) in [5, 5.41) is 10.5. The molecule has 1 aliphatic rings. The fourth-order valence-electron chi connectivity index (χ4n) is 2.55. The minimum absolute atomic E-state index is 0.0206. The maximum Gasteiger partial charge on any atom is 0.361 e. The van der Waals surface area contributed by atoms with E-state index in [0.717, 1.165) is 0 Å². The van der Waals surface area contributed by atoms with Gasteiger partial charge in [0.2, 0.25) is 0 Å². The maximum absolute atomic E-state index is 12.5. The molecule has 0 atom stereocenters. The van der Waals surface area contributed by atoms with Crippen LogP contribution in [-0.4, -0.2) is 28.3 Å². The average molecular weight is 327 g/mol. The van der Waals surface area contributed by atoms with Gasteiger partial charge in [-0.2, -0.15) is 15.2 Å². The molecule has 24 heavy (non-hydrogen) atoms. The van der Waals surface area contributed by atoms with E-state index in [1.54, 1.807) is 38.2 Å². The van der Waals surface area contributed by atoms with Crippen molar-refractivity contribution in [3.05, 3.63) is 46.7 Å². The first-order valence-corrected chi connectivity index (χ1v) is 7.48. The number of carbonyl (C=O) groups excluding carboxylic acids is 2. The molecule has 3 rings (SSSR count). The molecular formula is C16H17N5O3. The Morgan fingerprint density at radius 2 is 2.04 bits per heavy atom. The molecule has 0 saturated heterocycles. The van der Waals surface area contributed by atoms with Crippen molar-refractivity contribution in [3.8, 4) is 0 Å². The van der Waals surface area contributed by atoms with Crippen LogP contribution < -0.4 is 21.4 Å². The lowest BCUT2D eigenvalue weighted by Gasteiger charge is -2.15. The lowest BCUT2D eigenvalue weighted by atomic mass is 10.2. The monoisotopic (exact) mass is 327 g/mol. The summed E-state index contributed by atoms with van der Waals surface area (Å²) in [5.41, 5.74) is 6.99. The zero-order valence-electron chi connectivity index (χ0n) is 13.4. The average Bonchev–Trinajstić information content (AvgIpc) is 2.82. The van der Waals surface area contributed by atoms with Crippen LogP contribution in [0.15, 0.2) is 35.4 Å². The van der Waals surface area contributed by atoms with E-state index >= 15 is 0 Å². The van der Waals surface area contributed by atoms with Crippen molar-refractivity contribution >= 4 is 23.3 Å². The van der Waals surface area contributed by atoms with Gasteiger partial charge in [-0.15, -0.1) is 0 Å². The van der Waals surface area contributed by atoms with E-state index in [0.29, 0.717) is 16.7 Å². The Balaban J connectivity index is 2.27. The molecule has 1 amide bonds. The summed E-state index contributed by atoms with van der Waals surface area (Å²) in [6.45, 7) is 1.92. The van der Waals surface area contributed by atoms with E-state index in [4.69, 9.17) is 10.5 Å². The van der Waals surface area contributed by atoms with Gasteiger partial charge in [-0.25, -0.2) is 4.79 Å². The van der Waals surface area contributed by atoms with E-state index < -0.39 is 5.97 Å². The molecule has 1 aliphatic heterocycles. The summed E-state index contributed by atoms with van der Waals surface area (Å²) in [6.07, 6.45) is -0.0206. The number of rotatable bonds is 3. The van der Waals surface area contributed by atoms with Crippen molar-refractivity contribution in [1.82, 2.24) is 9.78 Å². The van der Waals surface area contributed by atoms with E-state index in [2.05, 4.69) is 10.2 Å². The van der Waals surface area contributed by atoms with Gasteiger partial charge in [-0.05, 0) is 19.1 Å². The molecule has 0 bridgehead atoms. The SMILES string of the molecule is CCOC(=O)c1nn(C)c2c1=NN(c1ccccc1)C(=O)CC=2N. The highest BCUT2D eigenvalue weighted by molar-refractivity contribution is 5.97. The van der Waals surface area contributed by atoms with Gasteiger partial charge in [0.1, 0.15) is 10.7 Å². The third-order valence-corrected chi connectivity index (χ3v) is 3.57. The number of amides is 1. The molecular weight excluding hydrogens is 310 g/mol. The first-order valence-electron chi connectivity index (χ1n) is 7.48. The van der Waals surface area contributed by atoms with Crippen LogP contribution >= 0.6 is 0 Å². The van der Waals surface area contributed by atoms with Gasteiger partial charge < -0.3 is 10.5 Å². The molecule has 2 heterocycles. The fourth-order valence-corrected chi connectivity index (χ4v) is 2.55. The third-order valence-electron chi connectivity index (χ3n) is 3.57. The minimum Gasteiger partial charge on any atom is -0.461 e. The zero-order chi connectivity index (χ0) is 17.3. The summed E-state index contributed by atoms with van der Waals surface area (Å²) in [5.74, 6) is -0.891. The van der Waals surface area contributed by atoms with Crippen molar-refractivity contribution < 1.29 is 14.3 Å². The number of aryl methyl sites for hydroxylation is 1. The van der Waals surface area contributed by atoms with Crippen molar-refractivity contribution in [1.29, 1.82) is 0 Å². The lowest BCUT2D eigenvalue weighted by Crippen LogP contribution is -2.35. The number of esters is 1. The van der Waals surface area contributed by atoms with Crippen LogP contribution in [0.4, 0.5) is 5.69 Å². The molecule has 124 valence electrons. The number of fused-ring (bicyclic) bond motifs is 1. The number of ether oxygens (including phenoxy) is 1. The molecule has 0 radical (unpaired) electrons. The van der Waals surface area contributed by atoms with Crippen molar-refractivity contribution in [2.45, 2.75) is 13.3 Å². The van der Waals surface area contributed by atoms with Crippen molar-refractivity contribution in [2.75, 3.05) is 11.6 Å². The predicted molar refractivity (Wildman–Crippen MR) is 86.1 cm³/mol. The molecule has 1 aromatic heterocycles. The highest BCUT2D eigenvalue weighted by Crippen LogP contribution is 2.16. The van der Waals surface area contributed by atoms with E-state index in [1.807, 2.05) is 6.07 Å². The summed E-state index contributed by atoms with van der Waals surface area (Å²) >= 11 is 0. The first kappa shape index (κ1) is 15.7. The maximum atomic E-state index is 12.5. The molecule has 0 fully saturated rings. The number of nitrogens with two attached hydrogens (primary N) is 1. The number of carbonyl (C=O) groups is 2. The molecule has 8 nitrogen and oxygen atoms in total. The Bertz CT molecular complexity index is 917. The van der Waals surface area contributed by atoms with Crippen LogP contribution in [-0.2, 0) is 16.6 Å². The minimum atomic E-state index is -0.603. The number of hydrogen-bond acceptors (Lipinski definition) is 6. The van der Waals surface area contributed by atoms with E-state index in [9.17, 15) is 9.59 Å². The number of hydrogen-bond donors (Lipinski definition) is 1. The first-order chi connectivity index (χ1) is 11.5. The molecule has 0 saturated carbocycles. The van der Waals surface area contributed by atoms with Crippen LogP contribution in [0.5, 0.6) is 0 Å². The van der Waals surface area contributed by atoms with Gasteiger partial charge in [0.15, 0.2) is 5.69 Å². The van der Waals surface area contributed by atoms with E-state index in [-0.39, 0.29) is 30.0 Å². The van der Waals surface area contributed by atoms with Gasteiger partial charge in [-0.1, -0.05) is 18.2 Å². The second-order valence-electron chi connectivity index (χ2n) is 5.23. The Morgan fingerprint density at radius 1 is 1.33 bits per heavy atom. The smallest absolute Gasteiger partial charge is 0.361 e. The second kappa shape index (κ2) is 6.15. The Labute approximate surface area is 137 Å². The van der Waals surface area contributed by atoms with Crippen LogP contribution in [0.2, 0.25) is 0 Å². The predicted octanol–water partition coefficient (Wildman–Crippen LogP) is -0.365. The summed E-state index contributed by atoms with van der Waals surface area (Å²) in [4.78, 5) is 24.7. The van der Waals surface area contributed by atoms with Crippen LogP contribution in [0.3, 0.4) is 0 Å². The van der Waals surface area contributed by atoms with Gasteiger partial charge in [0.05, 0.1) is 18.7 Å². The Hall–Kier alpha value is -3.16. The molecule has 1 aromatic carbocycles. The standard InChI is InChI=1S/C16H17N5O3/c1-3-24-16(23)14-13-15(20(2)18-14)11(17)9-12(22)21(19-13)10-7-5-4-6-8-10/h4-8H,3,9,17H2,1-2H3. The normalized spacial score (nSPS) is 14.0. The highest BCUT2D eigenvalue weighted by atomic mass is 16.5. The van der Waals surface area contributed by atoms with Gasteiger partial charge in [0.25, 0.3) is 5.91 Å². The molecule has 2 N–H and O–H groups in total. The number of anilines is 1. The molecule has 0 unspecified atom stereocenters. The van der Waals surface area contributed by atoms with Gasteiger partial charge in [-0.3, -0.25) is 9.48 Å². The Morgan fingerprint density at radius 3 is 2.71 bits per heavy atom. The van der Waals surface area contributed by atoms with E-state index in [1.165, 1.54) is 9.69 Å². The van der Waals surface area contributed by atoms with Crippen LogP contribution in [0, 0.1) is 0 Å². The van der Waals surface area contributed by atoms with Gasteiger partial charge in [0, 0.05) is 12.7 Å². The largest absolute Gasteiger partial charge is 0.461 e. The molecule has 0 aliphatic carbocycles. The topological polar surface area (TPSA) is 103 Å². The third kappa shape index (κ3) is 2.62. The number of aromatic nitrogens is 2. The molecule has 8 heteroatoms. The number of nitrogens with zero attached hydrogens (tertiary/aromatic N) is 4. The van der Waals surface area contributed by atoms with Crippen LogP contribution in [0.25, 0.3) is 5.70 Å². The molecule has 0 spiro atoms. The summed E-state index contributed by atoms with van der Waals surface area (Å²) < 4.78 is 6.47. The zero-order valence-corrected chi connectivity index (χ0v) is 13.4. The second-order valence-corrected chi connectivity index (χ2v) is 5.23. The quantitative estimate of drug-likeness (QED) is 0.775. The summed E-state index contributed by atoms with van der Waals surface area (Å²) in [7, 11) is 1.65. The van der Waals surface area contributed by atoms with Crippen LogP contribution in [0.1, 0.15) is 23.8 Å². The highest BCUT2D eigenvalue weighted by Gasteiger charge is 2.25. The van der Waals surface area contributed by atoms with Crippen molar-refractivity contribution in [2.24, 2.45) is 17.9 Å². The van der Waals surface area contributed by atoms with Crippen molar-refractivity contribution in [3.63, 3.8) is 0 Å². The lowest BCUT2D eigenvalue weighted by molar-refractivity contribution is -0.117. The van der Waals surface area contributed by atoms with Gasteiger partial charge >= 0.3 is 5.97 Å². The number of benzene rings is 1. The Kier molecular flexibility index (Phi) is 4.03.